The second-order valence-electron chi connectivity index (χ2n) is 3.94. The molecule has 0 atom stereocenters. The quantitative estimate of drug-likeness (QED) is 0.656. The molecule has 134 valence electrons. The molecule has 3 N–H and O–H groups in total. The van der Waals surface area contributed by atoms with E-state index in [0.717, 1.165) is 5.57 Å². The summed E-state index contributed by atoms with van der Waals surface area (Å²) in [7, 11) is 0. The molecule has 2 rings (SSSR count). The number of nitrogens with zero attached hydrogens (tertiary/aromatic N) is 3. The zero-order valence-corrected chi connectivity index (χ0v) is 15.8. The summed E-state index contributed by atoms with van der Waals surface area (Å²) in [6.07, 6.45) is 3.61. The van der Waals surface area contributed by atoms with Crippen molar-refractivity contribution in [3.63, 3.8) is 0 Å². The minimum Gasteiger partial charge on any atom is -0.382 e. The predicted octanol–water partition coefficient (Wildman–Crippen LogP) is 4.00. The first-order chi connectivity index (χ1) is 11.6. The van der Waals surface area contributed by atoms with E-state index in [9.17, 15) is 4.79 Å². The molecule has 0 unspecified atom stereocenters. The van der Waals surface area contributed by atoms with Crippen LogP contribution in [0, 0.1) is 6.92 Å². The first kappa shape index (κ1) is 23.6. The number of allylic oxidation sites excluding steroid dienone is 3. The highest BCUT2D eigenvalue weighted by atomic mass is 16.1. The van der Waals surface area contributed by atoms with E-state index < -0.39 is 0 Å². The largest absolute Gasteiger partial charge is 0.382 e. The molecule has 0 amide bonds. The molecule has 0 saturated heterocycles. The van der Waals surface area contributed by atoms with Crippen molar-refractivity contribution in [3.8, 4) is 0 Å². The maximum Gasteiger partial charge on any atom is 0.328 e. The summed E-state index contributed by atoms with van der Waals surface area (Å²) < 4.78 is 1.53. The number of nitrogens with one attached hydrogen (secondary N) is 1. The number of fused-ring (bicyclic) bond motifs is 1. The van der Waals surface area contributed by atoms with Crippen LogP contribution in [-0.2, 0) is 6.54 Å². The summed E-state index contributed by atoms with van der Waals surface area (Å²) in [4.78, 5) is 22.8. The maximum absolute atomic E-state index is 11.9. The van der Waals surface area contributed by atoms with Crippen LogP contribution in [0.5, 0.6) is 0 Å². The van der Waals surface area contributed by atoms with Crippen LogP contribution in [-0.4, -0.2) is 19.5 Å². The van der Waals surface area contributed by atoms with Crippen molar-refractivity contribution in [1.29, 1.82) is 0 Å². The SMILES string of the molecule is C=C.C=C/C(=C\C)Cn1c(=O)[nH]c2c(N)nc(C)nc21.CC.CC. The van der Waals surface area contributed by atoms with Gasteiger partial charge in [-0.1, -0.05) is 46.4 Å². The van der Waals surface area contributed by atoms with Gasteiger partial charge in [0.15, 0.2) is 11.5 Å². The fourth-order valence-corrected chi connectivity index (χ4v) is 1.77. The number of anilines is 1. The summed E-state index contributed by atoms with van der Waals surface area (Å²) in [5.74, 6) is 0.822. The van der Waals surface area contributed by atoms with Crippen LogP contribution in [0.3, 0.4) is 0 Å². The summed E-state index contributed by atoms with van der Waals surface area (Å²) in [6, 6.07) is 0. The van der Waals surface area contributed by atoms with E-state index in [-0.39, 0.29) is 11.5 Å². The Hall–Kier alpha value is -2.63. The summed E-state index contributed by atoms with van der Waals surface area (Å²) in [5, 5.41) is 0. The van der Waals surface area contributed by atoms with Crippen LogP contribution in [0.25, 0.3) is 11.2 Å². The Morgan fingerprint density at radius 1 is 1.25 bits per heavy atom. The van der Waals surface area contributed by atoms with Gasteiger partial charge in [0.1, 0.15) is 11.3 Å². The first-order valence-electron chi connectivity index (χ1n) is 8.07. The maximum atomic E-state index is 11.9. The van der Waals surface area contributed by atoms with Crippen molar-refractivity contribution < 1.29 is 0 Å². The van der Waals surface area contributed by atoms with Gasteiger partial charge in [-0.25, -0.2) is 14.8 Å². The van der Waals surface area contributed by atoms with Crippen molar-refractivity contribution in [2.75, 3.05) is 5.73 Å². The van der Waals surface area contributed by atoms with E-state index >= 15 is 0 Å². The molecule has 0 aliphatic carbocycles. The fourth-order valence-electron chi connectivity index (χ4n) is 1.77. The normalized spacial score (nSPS) is 9.67. The van der Waals surface area contributed by atoms with Crippen LogP contribution in [0.4, 0.5) is 5.82 Å². The molecular formula is C18H31N5O. The van der Waals surface area contributed by atoms with Crippen molar-refractivity contribution >= 4 is 17.0 Å². The Bertz CT molecular complexity index is 710. The number of nitrogen functional groups attached to an aromatic ring is 1. The number of rotatable bonds is 3. The molecule has 24 heavy (non-hydrogen) atoms. The number of aryl methyl sites for hydroxylation is 1. The lowest BCUT2D eigenvalue weighted by atomic mass is 10.2. The van der Waals surface area contributed by atoms with Crippen LogP contribution < -0.4 is 11.4 Å². The summed E-state index contributed by atoms with van der Waals surface area (Å²) in [5.41, 5.74) is 7.45. The highest BCUT2D eigenvalue weighted by Gasteiger charge is 2.12. The van der Waals surface area contributed by atoms with Gasteiger partial charge in [-0.05, 0) is 19.4 Å². The number of H-pyrrole nitrogens is 1. The standard InChI is InChI=1S/C12H15N5O.2C2H6.C2H4/c1-4-8(5-2)6-17-11-9(16-12(17)18)10(13)14-7(3)15-11;3*1-2/h4-5H,1,6H2,2-3H3,(H,16,18)(H2,13,14,15);2*1-2H3;1-2H2/b8-5+;;;. The van der Waals surface area contributed by atoms with Gasteiger partial charge in [-0.15, -0.1) is 13.2 Å². The van der Waals surface area contributed by atoms with Gasteiger partial charge < -0.3 is 10.7 Å². The lowest BCUT2D eigenvalue weighted by molar-refractivity contribution is 0.774. The Morgan fingerprint density at radius 2 is 1.79 bits per heavy atom. The lowest BCUT2D eigenvalue weighted by Gasteiger charge is -2.04. The molecule has 0 aliphatic rings. The smallest absolute Gasteiger partial charge is 0.328 e. The number of nitrogens with two attached hydrogens (primary N) is 1. The molecule has 6 heteroatoms. The molecule has 2 heterocycles. The van der Waals surface area contributed by atoms with Crippen LogP contribution in [0.2, 0.25) is 0 Å². The van der Waals surface area contributed by atoms with Crippen LogP contribution in [0.1, 0.15) is 40.4 Å². The zero-order chi connectivity index (χ0) is 19.3. The highest BCUT2D eigenvalue weighted by Crippen LogP contribution is 2.14. The molecule has 0 saturated carbocycles. The average molecular weight is 333 g/mol. The molecular weight excluding hydrogens is 302 g/mol. The molecule has 0 radical (unpaired) electrons. The third kappa shape index (κ3) is 5.87. The number of hydrogen-bond donors (Lipinski definition) is 2. The second-order valence-corrected chi connectivity index (χ2v) is 3.94. The van der Waals surface area contributed by atoms with Gasteiger partial charge in [0.05, 0.1) is 6.54 Å². The molecule has 6 nitrogen and oxygen atoms in total. The topological polar surface area (TPSA) is 89.6 Å². The molecule has 0 spiro atoms. The van der Waals surface area contributed by atoms with Gasteiger partial charge >= 0.3 is 5.69 Å². The van der Waals surface area contributed by atoms with Crippen molar-refractivity contribution in [2.24, 2.45) is 0 Å². The highest BCUT2D eigenvalue weighted by molar-refractivity contribution is 5.81. The molecule has 0 aliphatic heterocycles. The van der Waals surface area contributed by atoms with E-state index in [1.165, 1.54) is 4.57 Å². The third-order valence-electron chi connectivity index (χ3n) is 2.74. The van der Waals surface area contributed by atoms with Crippen molar-refractivity contribution in [2.45, 2.75) is 48.1 Å². The van der Waals surface area contributed by atoms with E-state index in [1.54, 1.807) is 13.0 Å². The first-order valence-corrected chi connectivity index (χ1v) is 8.07. The minimum absolute atomic E-state index is 0.252. The summed E-state index contributed by atoms with van der Waals surface area (Å²) in [6.45, 7) is 21.7. The minimum atomic E-state index is -0.252. The number of imidazole rings is 1. The predicted molar refractivity (Wildman–Crippen MR) is 105 cm³/mol. The molecule has 0 fully saturated rings. The summed E-state index contributed by atoms with van der Waals surface area (Å²) >= 11 is 0. The molecule has 0 bridgehead atoms. The Labute approximate surface area is 144 Å². The van der Waals surface area contributed by atoms with Crippen LogP contribution in [0.15, 0.2) is 42.3 Å². The van der Waals surface area contributed by atoms with E-state index in [2.05, 4.69) is 34.7 Å². The van der Waals surface area contributed by atoms with Gasteiger partial charge in [-0.2, -0.15) is 0 Å². The number of hydrogen-bond acceptors (Lipinski definition) is 4. The second kappa shape index (κ2) is 12.9. The van der Waals surface area contributed by atoms with Gasteiger partial charge in [0.25, 0.3) is 0 Å². The van der Waals surface area contributed by atoms with Crippen LogP contribution >= 0.6 is 0 Å². The van der Waals surface area contributed by atoms with Gasteiger partial charge in [-0.3, -0.25) is 4.57 Å². The lowest BCUT2D eigenvalue weighted by Crippen LogP contribution is -2.17. The Kier molecular flexibility index (Phi) is 12.7. The van der Waals surface area contributed by atoms with E-state index in [4.69, 9.17) is 5.73 Å². The van der Waals surface area contributed by atoms with Crippen molar-refractivity contribution in [3.05, 3.63) is 53.8 Å². The van der Waals surface area contributed by atoms with Gasteiger partial charge in [0.2, 0.25) is 0 Å². The van der Waals surface area contributed by atoms with Gasteiger partial charge in [0, 0.05) is 0 Å². The molecule has 0 aromatic carbocycles. The number of aromatic amines is 1. The average Bonchev–Trinajstić information content (AvgIpc) is 2.94. The Balaban J connectivity index is 0. The third-order valence-corrected chi connectivity index (χ3v) is 2.74. The van der Waals surface area contributed by atoms with E-state index in [1.807, 2.05) is 40.7 Å². The number of aromatic nitrogens is 4. The fraction of sp³-hybridized carbons (Fsp3) is 0.389. The zero-order valence-electron chi connectivity index (χ0n) is 15.8. The van der Waals surface area contributed by atoms with Crippen molar-refractivity contribution in [1.82, 2.24) is 19.5 Å². The molecule has 2 aromatic heterocycles. The molecule has 2 aromatic rings. The Morgan fingerprint density at radius 3 is 2.25 bits per heavy atom. The van der Waals surface area contributed by atoms with E-state index in [0.29, 0.717) is 23.5 Å². The monoisotopic (exact) mass is 333 g/mol.